The van der Waals surface area contributed by atoms with Gasteiger partial charge in [0.1, 0.15) is 0 Å². The van der Waals surface area contributed by atoms with E-state index < -0.39 is 0 Å². The first-order valence-corrected chi connectivity index (χ1v) is 7.55. The van der Waals surface area contributed by atoms with Gasteiger partial charge in [0.25, 0.3) is 0 Å². The van der Waals surface area contributed by atoms with E-state index in [0.717, 1.165) is 32.6 Å². The van der Waals surface area contributed by atoms with E-state index in [2.05, 4.69) is 17.6 Å². The van der Waals surface area contributed by atoms with E-state index in [1.165, 1.54) is 32.1 Å². The molecular weight excluding hydrogens is 226 g/mol. The van der Waals surface area contributed by atoms with Gasteiger partial charge in [-0.15, -0.1) is 0 Å². The number of carbonyl (C=O) groups excluding carboxylic acids is 1. The second-order valence-corrected chi connectivity index (χ2v) is 5.72. The lowest BCUT2D eigenvalue weighted by atomic mass is 9.93. The molecule has 4 heteroatoms. The number of carbonyl (C=O) groups is 1. The molecule has 1 saturated carbocycles. The van der Waals surface area contributed by atoms with E-state index in [-0.39, 0.29) is 6.03 Å². The minimum atomic E-state index is 0.167. The lowest BCUT2D eigenvalue weighted by molar-refractivity contribution is 0.170. The maximum atomic E-state index is 12.2. The quantitative estimate of drug-likeness (QED) is 0.786. The first-order valence-electron chi connectivity index (χ1n) is 7.55. The van der Waals surface area contributed by atoms with Crippen molar-refractivity contribution in [1.82, 2.24) is 15.5 Å². The summed E-state index contributed by atoms with van der Waals surface area (Å²) in [6, 6.07) is 0.616. The molecule has 0 aromatic heterocycles. The second kappa shape index (κ2) is 6.98. The van der Waals surface area contributed by atoms with Crippen molar-refractivity contribution >= 4 is 6.03 Å². The van der Waals surface area contributed by atoms with E-state index in [1.807, 2.05) is 4.90 Å². The number of rotatable bonds is 5. The lowest BCUT2D eigenvalue weighted by Gasteiger charge is -2.33. The average molecular weight is 253 g/mol. The smallest absolute Gasteiger partial charge is 0.317 e. The molecule has 4 nitrogen and oxygen atoms in total. The maximum absolute atomic E-state index is 12.2. The van der Waals surface area contributed by atoms with E-state index in [4.69, 9.17) is 0 Å². The fraction of sp³-hybridized carbons (Fsp3) is 0.929. The number of hydrogen-bond acceptors (Lipinski definition) is 2. The summed E-state index contributed by atoms with van der Waals surface area (Å²) in [5.41, 5.74) is 0. The molecule has 18 heavy (non-hydrogen) atoms. The summed E-state index contributed by atoms with van der Waals surface area (Å²) in [5.74, 6) is 0.685. The van der Waals surface area contributed by atoms with Gasteiger partial charge in [0, 0.05) is 19.1 Å². The van der Waals surface area contributed by atoms with Crippen LogP contribution in [0.25, 0.3) is 0 Å². The Morgan fingerprint density at radius 2 is 2.00 bits per heavy atom. The molecule has 2 fully saturated rings. The maximum Gasteiger partial charge on any atom is 0.317 e. The minimum Gasteiger partial charge on any atom is -0.335 e. The zero-order valence-corrected chi connectivity index (χ0v) is 11.6. The van der Waals surface area contributed by atoms with Gasteiger partial charge in [-0.05, 0) is 57.5 Å². The Kier molecular flexibility index (Phi) is 5.29. The van der Waals surface area contributed by atoms with Gasteiger partial charge in [-0.25, -0.2) is 4.79 Å². The predicted molar refractivity (Wildman–Crippen MR) is 73.6 cm³/mol. The SMILES string of the molecule is CCCN(CC1CCNCC1)C(=O)NC1CCC1. The molecule has 2 rings (SSSR count). The normalized spacial score (nSPS) is 21.4. The number of nitrogens with zero attached hydrogens (tertiary/aromatic N) is 1. The van der Waals surface area contributed by atoms with Crippen LogP contribution in [0, 0.1) is 5.92 Å². The van der Waals surface area contributed by atoms with Crippen LogP contribution in [0.5, 0.6) is 0 Å². The van der Waals surface area contributed by atoms with E-state index >= 15 is 0 Å². The molecule has 0 aromatic rings. The number of hydrogen-bond donors (Lipinski definition) is 2. The molecule has 2 N–H and O–H groups in total. The first kappa shape index (κ1) is 13.7. The highest BCUT2D eigenvalue weighted by molar-refractivity contribution is 5.74. The third kappa shape index (κ3) is 3.87. The Hall–Kier alpha value is -0.770. The molecule has 0 atom stereocenters. The largest absolute Gasteiger partial charge is 0.335 e. The third-order valence-electron chi connectivity index (χ3n) is 4.15. The molecule has 2 aliphatic rings. The van der Waals surface area contributed by atoms with E-state index in [0.29, 0.717) is 12.0 Å². The standard InChI is InChI=1S/C14H27N3O/c1-2-10-17(11-12-6-8-15-9-7-12)14(18)16-13-4-3-5-13/h12-13,15H,2-11H2,1H3,(H,16,18). The summed E-state index contributed by atoms with van der Waals surface area (Å²) in [4.78, 5) is 14.2. The number of nitrogens with one attached hydrogen (secondary N) is 2. The molecule has 1 heterocycles. The third-order valence-corrected chi connectivity index (χ3v) is 4.15. The highest BCUT2D eigenvalue weighted by Crippen LogP contribution is 2.19. The molecule has 0 radical (unpaired) electrons. The predicted octanol–water partition coefficient (Wildman–Crippen LogP) is 1.96. The molecule has 0 aromatic carbocycles. The number of urea groups is 1. The lowest BCUT2D eigenvalue weighted by Crippen LogP contribution is -2.49. The van der Waals surface area contributed by atoms with Crippen molar-refractivity contribution in [1.29, 1.82) is 0 Å². The van der Waals surface area contributed by atoms with Gasteiger partial charge in [-0.3, -0.25) is 0 Å². The summed E-state index contributed by atoms with van der Waals surface area (Å²) in [7, 11) is 0. The van der Waals surface area contributed by atoms with Crippen molar-refractivity contribution in [3.63, 3.8) is 0 Å². The Balaban J connectivity index is 1.79. The van der Waals surface area contributed by atoms with E-state index in [9.17, 15) is 4.79 Å². The first-order chi connectivity index (χ1) is 8.79. The minimum absolute atomic E-state index is 0.167. The van der Waals surface area contributed by atoms with Crippen LogP contribution in [0.2, 0.25) is 0 Å². The van der Waals surface area contributed by atoms with Gasteiger partial charge in [0.05, 0.1) is 0 Å². The Morgan fingerprint density at radius 1 is 1.28 bits per heavy atom. The molecule has 0 unspecified atom stereocenters. The van der Waals surface area contributed by atoms with Crippen molar-refractivity contribution in [3.8, 4) is 0 Å². The summed E-state index contributed by atoms with van der Waals surface area (Å²) in [6.07, 6.45) is 7.06. The summed E-state index contributed by atoms with van der Waals surface area (Å²) < 4.78 is 0. The number of piperidine rings is 1. The van der Waals surface area contributed by atoms with Crippen molar-refractivity contribution in [2.24, 2.45) is 5.92 Å². The van der Waals surface area contributed by atoms with Crippen molar-refractivity contribution in [2.45, 2.75) is 51.5 Å². The van der Waals surface area contributed by atoms with Gasteiger partial charge in [0.15, 0.2) is 0 Å². The van der Waals surface area contributed by atoms with Crippen LogP contribution < -0.4 is 10.6 Å². The van der Waals surface area contributed by atoms with Crippen molar-refractivity contribution in [3.05, 3.63) is 0 Å². The highest BCUT2D eigenvalue weighted by atomic mass is 16.2. The molecule has 2 amide bonds. The van der Waals surface area contributed by atoms with Gasteiger partial charge in [0.2, 0.25) is 0 Å². The zero-order chi connectivity index (χ0) is 12.8. The summed E-state index contributed by atoms with van der Waals surface area (Å²) in [5, 5.41) is 6.54. The highest BCUT2D eigenvalue weighted by Gasteiger charge is 2.24. The van der Waals surface area contributed by atoms with Crippen LogP contribution in [0.1, 0.15) is 45.4 Å². The fourth-order valence-electron chi connectivity index (χ4n) is 2.74. The Labute approximate surface area is 110 Å². The van der Waals surface area contributed by atoms with Crippen LogP contribution >= 0.6 is 0 Å². The molecule has 0 bridgehead atoms. The second-order valence-electron chi connectivity index (χ2n) is 5.72. The van der Waals surface area contributed by atoms with Crippen LogP contribution in [-0.4, -0.2) is 43.2 Å². The monoisotopic (exact) mass is 253 g/mol. The Bertz CT molecular complexity index is 260. The van der Waals surface area contributed by atoms with Crippen molar-refractivity contribution in [2.75, 3.05) is 26.2 Å². The van der Waals surface area contributed by atoms with Crippen LogP contribution in [-0.2, 0) is 0 Å². The van der Waals surface area contributed by atoms with Gasteiger partial charge in [-0.1, -0.05) is 6.92 Å². The number of amides is 2. The summed E-state index contributed by atoms with van der Waals surface area (Å²) >= 11 is 0. The van der Waals surface area contributed by atoms with Crippen LogP contribution in [0.3, 0.4) is 0 Å². The molecule has 1 aliphatic heterocycles. The molecule has 1 aliphatic carbocycles. The van der Waals surface area contributed by atoms with Gasteiger partial charge < -0.3 is 15.5 Å². The van der Waals surface area contributed by atoms with Crippen LogP contribution in [0.15, 0.2) is 0 Å². The van der Waals surface area contributed by atoms with E-state index in [1.54, 1.807) is 0 Å². The topological polar surface area (TPSA) is 44.4 Å². The molecule has 0 spiro atoms. The molecular formula is C14H27N3O. The van der Waals surface area contributed by atoms with Crippen molar-refractivity contribution < 1.29 is 4.79 Å². The molecule has 1 saturated heterocycles. The van der Waals surface area contributed by atoms with Gasteiger partial charge >= 0.3 is 6.03 Å². The zero-order valence-electron chi connectivity index (χ0n) is 11.6. The molecule has 104 valence electrons. The summed E-state index contributed by atoms with van der Waals surface area (Å²) in [6.45, 7) is 6.19. The Morgan fingerprint density at radius 3 is 2.56 bits per heavy atom. The fourth-order valence-corrected chi connectivity index (χ4v) is 2.74. The van der Waals surface area contributed by atoms with Crippen LogP contribution in [0.4, 0.5) is 4.79 Å². The average Bonchev–Trinajstić information content (AvgIpc) is 2.34. The van der Waals surface area contributed by atoms with Gasteiger partial charge in [-0.2, -0.15) is 0 Å².